The molecule has 1 aromatic rings. The summed E-state index contributed by atoms with van der Waals surface area (Å²) in [6.45, 7) is 5.60. The molecule has 0 aromatic carbocycles. The molecule has 2 aliphatic heterocycles. The highest BCUT2D eigenvalue weighted by atomic mass is 16.5. The summed E-state index contributed by atoms with van der Waals surface area (Å²) in [6.07, 6.45) is 5.45. The summed E-state index contributed by atoms with van der Waals surface area (Å²) in [5.41, 5.74) is 1.99. The molecular formula is C19H29N3O3. The van der Waals surface area contributed by atoms with E-state index in [0.29, 0.717) is 19.6 Å². The Kier molecular flexibility index (Phi) is 5.18. The van der Waals surface area contributed by atoms with Crippen molar-refractivity contribution in [2.75, 3.05) is 39.9 Å². The van der Waals surface area contributed by atoms with Crippen LogP contribution in [0.4, 0.5) is 0 Å². The largest absolute Gasteiger partial charge is 0.383 e. The van der Waals surface area contributed by atoms with Crippen LogP contribution in [0.15, 0.2) is 12.3 Å². The van der Waals surface area contributed by atoms with E-state index in [1.807, 2.05) is 40.6 Å². The van der Waals surface area contributed by atoms with Crippen molar-refractivity contribution in [3.05, 3.63) is 23.5 Å². The van der Waals surface area contributed by atoms with Crippen LogP contribution < -0.4 is 0 Å². The molecule has 0 radical (unpaired) electrons. The molecule has 2 fully saturated rings. The highest BCUT2D eigenvalue weighted by molar-refractivity contribution is 5.95. The van der Waals surface area contributed by atoms with Crippen molar-refractivity contribution in [2.24, 2.45) is 12.5 Å². The monoisotopic (exact) mass is 347 g/mol. The van der Waals surface area contributed by atoms with E-state index < -0.39 is 0 Å². The molecule has 0 aliphatic carbocycles. The highest BCUT2D eigenvalue weighted by Gasteiger charge is 2.41. The first-order valence-corrected chi connectivity index (χ1v) is 9.14. The predicted octanol–water partition coefficient (Wildman–Crippen LogP) is 1.82. The minimum absolute atomic E-state index is 0.135. The second-order valence-corrected chi connectivity index (χ2v) is 7.53. The van der Waals surface area contributed by atoms with Crippen molar-refractivity contribution in [3.8, 4) is 0 Å². The number of methoxy groups -OCH3 is 1. The minimum Gasteiger partial charge on any atom is -0.383 e. The summed E-state index contributed by atoms with van der Waals surface area (Å²) in [5.74, 6) is 0.372. The third-order valence-corrected chi connectivity index (χ3v) is 6.04. The second-order valence-electron chi connectivity index (χ2n) is 7.53. The van der Waals surface area contributed by atoms with Crippen molar-refractivity contribution in [1.29, 1.82) is 0 Å². The number of nitrogens with zero attached hydrogens (tertiary/aromatic N) is 3. The first-order valence-electron chi connectivity index (χ1n) is 9.14. The lowest BCUT2D eigenvalue weighted by atomic mass is 9.72. The van der Waals surface area contributed by atoms with E-state index in [0.717, 1.165) is 50.2 Å². The Morgan fingerprint density at radius 2 is 2.00 bits per heavy atom. The van der Waals surface area contributed by atoms with Gasteiger partial charge in [-0.2, -0.15) is 0 Å². The number of aromatic nitrogens is 1. The van der Waals surface area contributed by atoms with Crippen LogP contribution in [0.25, 0.3) is 0 Å². The Bertz CT molecular complexity index is 644. The maximum Gasteiger partial charge on any atom is 0.255 e. The molecule has 0 unspecified atom stereocenters. The second kappa shape index (κ2) is 7.20. The molecule has 2 aliphatic rings. The van der Waals surface area contributed by atoms with Crippen molar-refractivity contribution < 1.29 is 14.3 Å². The Balaban J connectivity index is 1.62. The van der Waals surface area contributed by atoms with Gasteiger partial charge in [-0.3, -0.25) is 9.59 Å². The molecule has 0 bridgehead atoms. The summed E-state index contributed by atoms with van der Waals surface area (Å²) in [4.78, 5) is 28.8. The lowest BCUT2D eigenvalue weighted by molar-refractivity contribution is -0.139. The number of aryl methyl sites for hydroxylation is 1. The van der Waals surface area contributed by atoms with Gasteiger partial charge < -0.3 is 19.1 Å². The zero-order chi connectivity index (χ0) is 18.0. The number of rotatable bonds is 4. The lowest BCUT2D eigenvalue weighted by Crippen LogP contribution is -2.52. The lowest BCUT2D eigenvalue weighted by Gasteiger charge is -2.47. The molecule has 138 valence electrons. The summed E-state index contributed by atoms with van der Waals surface area (Å²) in [6, 6.07) is 1.91. The van der Waals surface area contributed by atoms with Crippen LogP contribution in [0.5, 0.6) is 0 Å². The molecule has 0 saturated carbocycles. The summed E-state index contributed by atoms with van der Waals surface area (Å²) >= 11 is 0. The summed E-state index contributed by atoms with van der Waals surface area (Å²) < 4.78 is 7.12. The standard InChI is InChI=1S/C19H29N3O3/c1-15-16(5-9-20(15)2)18(24)21-10-7-19(8-11-21)6-4-17(23)22(14-19)12-13-25-3/h5,9H,4,6-8,10-14H2,1-3H3. The fourth-order valence-corrected chi connectivity index (χ4v) is 4.10. The molecule has 1 spiro atoms. The third kappa shape index (κ3) is 3.59. The minimum atomic E-state index is 0.135. The van der Waals surface area contributed by atoms with Crippen LogP contribution >= 0.6 is 0 Å². The molecule has 2 saturated heterocycles. The summed E-state index contributed by atoms with van der Waals surface area (Å²) in [7, 11) is 3.63. The fourth-order valence-electron chi connectivity index (χ4n) is 4.10. The molecule has 2 amide bonds. The highest BCUT2D eigenvalue weighted by Crippen LogP contribution is 2.40. The fraction of sp³-hybridized carbons (Fsp3) is 0.684. The van der Waals surface area contributed by atoms with Crippen LogP contribution in [0, 0.1) is 12.3 Å². The molecule has 0 N–H and O–H groups in total. The molecule has 1 aromatic heterocycles. The quantitative estimate of drug-likeness (QED) is 0.835. The van der Waals surface area contributed by atoms with Crippen LogP contribution in [-0.2, 0) is 16.6 Å². The van der Waals surface area contributed by atoms with Gasteiger partial charge in [0.25, 0.3) is 5.91 Å². The van der Waals surface area contributed by atoms with Gasteiger partial charge in [-0.1, -0.05) is 0 Å². The Morgan fingerprint density at radius 3 is 2.60 bits per heavy atom. The topological polar surface area (TPSA) is 54.8 Å². The van der Waals surface area contributed by atoms with Gasteiger partial charge in [0.05, 0.1) is 12.2 Å². The number of piperidine rings is 2. The van der Waals surface area contributed by atoms with E-state index in [9.17, 15) is 9.59 Å². The van der Waals surface area contributed by atoms with E-state index in [1.165, 1.54) is 0 Å². The summed E-state index contributed by atoms with van der Waals surface area (Å²) in [5, 5.41) is 0. The first kappa shape index (κ1) is 18.0. The third-order valence-electron chi connectivity index (χ3n) is 6.04. The van der Waals surface area contributed by atoms with Gasteiger partial charge in [-0.25, -0.2) is 0 Å². The van der Waals surface area contributed by atoms with Crippen LogP contribution in [0.1, 0.15) is 41.7 Å². The first-order chi connectivity index (χ1) is 12.0. The smallest absolute Gasteiger partial charge is 0.255 e. The van der Waals surface area contributed by atoms with Crippen molar-refractivity contribution in [2.45, 2.75) is 32.6 Å². The van der Waals surface area contributed by atoms with Crippen molar-refractivity contribution in [3.63, 3.8) is 0 Å². The van der Waals surface area contributed by atoms with Gasteiger partial charge in [0.15, 0.2) is 0 Å². The predicted molar refractivity (Wildman–Crippen MR) is 95.4 cm³/mol. The van der Waals surface area contributed by atoms with Gasteiger partial charge in [-0.15, -0.1) is 0 Å². The molecule has 25 heavy (non-hydrogen) atoms. The Labute approximate surface area is 149 Å². The van der Waals surface area contributed by atoms with Gasteiger partial charge in [-0.05, 0) is 37.7 Å². The molecule has 0 atom stereocenters. The molecular weight excluding hydrogens is 318 g/mol. The van der Waals surface area contributed by atoms with E-state index in [1.54, 1.807) is 7.11 Å². The normalized spacial score (nSPS) is 20.4. The Morgan fingerprint density at radius 1 is 1.28 bits per heavy atom. The molecule has 6 heteroatoms. The maximum atomic E-state index is 12.8. The Hall–Kier alpha value is -1.82. The number of likely N-dealkylation sites (tertiary alicyclic amines) is 2. The van der Waals surface area contributed by atoms with Crippen LogP contribution in [0.2, 0.25) is 0 Å². The van der Waals surface area contributed by atoms with Gasteiger partial charge in [0.1, 0.15) is 0 Å². The zero-order valence-electron chi connectivity index (χ0n) is 15.6. The average Bonchev–Trinajstić information content (AvgIpc) is 2.95. The van der Waals surface area contributed by atoms with E-state index in [-0.39, 0.29) is 17.2 Å². The van der Waals surface area contributed by atoms with E-state index in [4.69, 9.17) is 4.74 Å². The number of hydrogen-bond acceptors (Lipinski definition) is 3. The number of amides is 2. The number of carbonyl (C=O) groups excluding carboxylic acids is 2. The van der Waals surface area contributed by atoms with E-state index in [2.05, 4.69) is 0 Å². The van der Waals surface area contributed by atoms with Crippen LogP contribution in [0.3, 0.4) is 0 Å². The average molecular weight is 347 g/mol. The van der Waals surface area contributed by atoms with Gasteiger partial charge in [0.2, 0.25) is 5.91 Å². The molecule has 3 heterocycles. The number of ether oxygens (including phenoxy) is 1. The van der Waals surface area contributed by atoms with Crippen LogP contribution in [-0.4, -0.2) is 66.1 Å². The van der Waals surface area contributed by atoms with Gasteiger partial charge in [0, 0.05) is 58.6 Å². The van der Waals surface area contributed by atoms with Crippen molar-refractivity contribution in [1.82, 2.24) is 14.4 Å². The zero-order valence-corrected chi connectivity index (χ0v) is 15.6. The van der Waals surface area contributed by atoms with Crippen molar-refractivity contribution >= 4 is 11.8 Å². The maximum absolute atomic E-state index is 12.8. The van der Waals surface area contributed by atoms with Gasteiger partial charge >= 0.3 is 0 Å². The molecule has 3 rings (SSSR count). The van der Waals surface area contributed by atoms with E-state index >= 15 is 0 Å². The number of hydrogen-bond donors (Lipinski definition) is 0. The molecule has 6 nitrogen and oxygen atoms in total. The SMILES string of the molecule is COCCN1CC2(CCC1=O)CCN(C(=O)c1ccn(C)c1C)CC2. The number of carbonyl (C=O) groups is 2.